The molecule has 4 rings (SSSR count). The van der Waals surface area contributed by atoms with Gasteiger partial charge in [0.15, 0.2) is 5.78 Å². The molecule has 0 fully saturated rings. The Morgan fingerprint density at radius 1 is 0.607 bits per heavy atom. The minimum Gasteiger partial charge on any atom is -0.294 e. The third-order valence-electron chi connectivity index (χ3n) is 4.88. The van der Waals surface area contributed by atoms with Crippen LogP contribution in [0.1, 0.15) is 17.3 Å². The maximum absolute atomic E-state index is 12.2. The van der Waals surface area contributed by atoms with Gasteiger partial charge in [-0.1, -0.05) is 101 Å². The lowest BCUT2D eigenvalue weighted by atomic mass is 9.90. The molecular weight excluding hydrogens is 408 g/mol. The molecule has 0 amide bonds. The van der Waals surface area contributed by atoms with E-state index in [0.29, 0.717) is 0 Å². The summed E-state index contributed by atoms with van der Waals surface area (Å²) in [5.41, 5.74) is 7.39. The Labute approximate surface area is 173 Å². The van der Waals surface area contributed by atoms with Gasteiger partial charge in [0.2, 0.25) is 0 Å². The summed E-state index contributed by atoms with van der Waals surface area (Å²) in [6, 6.07) is 33.1. The van der Waals surface area contributed by atoms with Crippen LogP contribution in [-0.4, -0.2) is 5.78 Å². The van der Waals surface area contributed by atoms with Gasteiger partial charge in [-0.05, 0) is 52.4 Å². The van der Waals surface area contributed by atoms with Crippen molar-refractivity contribution in [1.29, 1.82) is 0 Å². The molecule has 0 aliphatic rings. The molecule has 0 spiro atoms. The van der Waals surface area contributed by atoms with Crippen LogP contribution in [0.2, 0.25) is 0 Å². The van der Waals surface area contributed by atoms with Gasteiger partial charge in [-0.3, -0.25) is 4.79 Å². The lowest BCUT2D eigenvalue weighted by molar-refractivity contribution is 0.101. The molecule has 0 unspecified atom stereocenters. The lowest BCUT2D eigenvalue weighted by Crippen LogP contribution is -1.97. The molecule has 0 saturated heterocycles. The fourth-order valence-electron chi connectivity index (χ4n) is 3.49. The molecule has 0 aliphatic heterocycles. The highest BCUT2D eigenvalue weighted by Gasteiger charge is 2.14. The second-order valence-corrected chi connectivity index (χ2v) is 7.65. The summed E-state index contributed by atoms with van der Waals surface area (Å²) in [5, 5.41) is 0. The Balaban J connectivity index is 1.81. The van der Waals surface area contributed by atoms with Crippen molar-refractivity contribution in [3.8, 4) is 33.4 Å². The number of benzene rings is 4. The first kappa shape index (κ1) is 18.4. The van der Waals surface area contributed by atoms with Crippen molar-refractivity contribution in [3.05, 3.63) is 107 Å². The Bertz CT molecular complexity index is 1130. The highest BCUT2D eigenvalue weighted by atomic mass is 79.9. The van der Waals surface area contributed by atoms with Crippen molar-refractivity contribution >= 4 is 21.7 Å². The van der Waals surface area contributed by atoms with E-state index < -0.39 is 0 Å². The van der Waals surface area contributed by atoms with Gasteiger partial charge < -0.3 is 0 Å². The maximum Gasteiger partial charge on any atom is 0.160 e. The number of Topliss-reactive ketones (excluding diaryl/α,β-unsaturated/α-hetero) is 1. The maximum atomic E-state index is 12.2. The third kappa shape index (κ3) is 3.69. The number of hydrogen-bond acceptors (Lipinski definition) is 1. The fraction of sp³-hybridized carbons (Fsp3) is 0.0385. The Kier molecular flexibility index (Phi) is 5.23. The first-order valence-corrected chi connectivity index (χ1v) is 9.98. The van der Waals surface area contributed by atoms with Gasteiger partial charge in [-0.25, -0.2) is 0 Å². The van der Waals surface area contributed by atoms with Crippen molar-refractivity contribution in [3.63, 3.8) is 0 Å². The van der Waals surface area contributed by atoms with E-state index in [9.17, 15) is 4.79 Å². The van der Waals surface area contributed by atoms with Crippen molar-refractivity contribution in [1.82, 2.24) is 0 Å². The summed E-state index contributed by atoms with van der Waals surface area (Å²) in [4.78, 5) is 12.2. The topological polar surface area (TPSA) is 17.1 Å². The van der Waals surface area contributed by atoms with Crippen molar-refractivity contribution in [2.75, 3.05) is 0 Å². The van der Waals surface area contributed by atoms with Crippen LogP contribution >= 0.6 is 15.9 Å². The van der Waals surface area contributed by atoms with Gasteiger partial charge in [-0.2, -0.15) is 0 Å². The largest absolute Gasteiger partial charge is 0.294 e. The molecule has 0 bridgehead atoms. The molecule has 0 heterocycles. The van der Waals surface area contributed by atoms with Crippen molar-refractivity contribution in [2.45, 2.75) is 6.92 Å². The molecule has 0 aliphatic carbocycles. The monoisotopic (exact) mass is 426 g/mol. The van der Waals surface area contributed by atoms with Crippen molar-refractivity contribution < 1.29 is 4.79 Å². The zero-order valence-electron chi connectivity index (χ0n) is 15.5. The number of hydrogen-bond donors (Lipinski definition) is 0. The van der Waals surface area contributed by atoms with Crippen molar-refractivity contribution in [2.24, 2.45) is 0 Å². The van der Waals surface area contributed by atoms with Gasteiger partial charge >= 0.3 is 0 Å². The highest BCUT2D eigenvalue weighted by molar-refractivity contribution is 9.10. The Morgan fingerprint density at radius 3 is 1.86 bits per heavy atom. The smallest absolute Gasteiger partial charge is 0.160 e. The summed E-state index contributed by atoms with van der Waals surface area (Å²) in [6.07, 6.45) is 0. The number of rotatable bonds is 4. The van der Waals surface area contributed by atoms with Crippen LogP contribution in [0.15, 0.2) is 102 Å². The van der Waals surface area contributed by atoms with E-state index in [1.54, 1.807) is 6.92 Å². The van der Waals surface area contributed by atoms with E-state index >= 15 is 0 Å². The molecule has 28 heavy (non-hydrogen) atoms. The molecule has 0 N–H and O–H groups in total. The van der Waals surface area contributed by atoms with Gasteiger partial charge in [0.05, 0.1) is 0 Å². The fourth-order valence-corrected chi connectivity index (χ4v) is 3.85. The van der Waals surface area contributed by atoms with E-state index in [4.69, 9.17) is 0 Å². The number of halogens is 1. The Morgan fingerprint density at radius 2 is 1.18 bits per heavy atom. The van der Waals surface area contributed by atoms with E-state index in [0.717, 1.165) is 32.3 Å². The zero-order valence-corrected chi connectivity index (χ0v) is 17.1. The van der Waals surface area contributed by atoms with Gasteiger partial charge in [-0.15, -0.1) is 0 Å². The van der Waals surface area contributed by atoms with E-state index in [-0.39, 0.29) is 5.78 Å². The second-order valence-electron chi connectivity index (χ2n) is 6.74. The normalized spacial score (nSPS) is 10.6. The second kappa shape index (κ2) is 7.95. The van der Waals surface area contributed by atoms with Crippen LogP contribution in [0.25, 0.3) is 33.4 Å². The molecule has 0 radical (unpaired) electrons. The third-order valence-corrected chi connectivity index (χ3v) is 5.37. The van der Waals surface area contributed by atoms with E-state index in [2.05, 4.69) is 76.6 Å². The van der Waals surface area contributed by atoms with E-state index in [1.807, 2.05) is 36.4 Å². The van der Waals surface area contributed by atoms with Crippen LogP contribution in [0, 0.1) is 0 Å². The molecule has 1 nitrogen and oxygen atoms in total. The summed E-state index contributed by atoms with van der Waals surface area (Å²) in [7, 11) is 0. The minimum atomic E-state index is 0.0607. The number of carbonyl (C=O) groups is 1. The molecule has 4 aromatic carbocycles. The highest BCUT2D eigenvalue weighted by Crippen LogP contribution is 2.36. The quantitative estimate of drug-likeness (QED) is 0.306. The van der Waals surface area contributed by atoms with Crippen LogP contribution in [-0.2, 0) is 0 Å². The Hall–Kier alpha value is -2.97. The van der Waals surface area contributed by atoms with Crippen LogP contribution in [0.5, 0.6) is 0 Å². The molecule has 0 aromatic heterocycles. The molecule has 2 heteroatoms. The minimum absolute atomic E-state index is 0.0607. The predicted octanol–water partition coefficient (Wildman–Crippen LogP) is 7.65. The zero-order chi connectivity index (χ0) is 19.5. The van der Waals surface area contributed by atoms with E-state index in [1.165, 1.54) is 11.1 Å². The first-order chi connectivity index (χ1) is 13.6. The summed E-state index contributed by atoms with van der Waals surface area (Å²) >= 11 is 3.48. The molecule has 136 valence electrons. The first-order valence-electron chi connectivity index (χ1n) is 9.19. The lowest BCUT2D eigenvalue weighted by Gasteiger charge is -2.14. The number of ketones is 1. The van der Waals surface area contributed by atoms with Crippen LogP contribution < -0.4 is 0 Å². The molecule has 4 aromatic rings. The summed E-state index contributed by atoms with van der Waals surface area (Å²) in [5.74, 6) is 0.0607. The standard InChI is InChI=1S/C26H19BrO/c1-18(28)26-17-22(27)15-16-25(26)24-10-6-5-9-23(24)21-13-11-20(12-14-21)19-7-3-2-4-8-19/h2-17H,1H3. The average Bonchev–Trinajstić information content (AvgIpc) is 2.74. The molecule has 0 saturated carbocycles. The van der Waals surface area contributed by atoms with Gasteiger partial charge in [0, 0.05) is 10.0 Å². The molecule has 0 atom stereocenters. The van der Waals surface area contributed by atoms with Crippen LogP contribution in [0.3, 0.4) is 0 Å². The summed E-state index contributed by atoms with van der Waals surface area (Å²) in [6.45, 7) is 1.61. The molecular formula is C26H19BrO. The van der Waals surface area contributed by atoms with Crippen LogP contribution in [0.4, 0.5) is 0 Å². The SMILES string of the molecule is CC(=O)c1cc(Br)ccc1-c1ccccc1-c1ccc(-c2ccccc2)cc1. The van der Waals surface area contributed by atoms with Gasteiger partial charge in [0.25, 0.3) is 0 Å². The average molecular weight is 427 g/mol. The predicted molar refractivity (Wildman–Crippen MR) is 120 cm³/mol. The number of carbonyl (C=O) groups excluding carboxylic acids is 1. The van der Waals surface area contributed by atoms with Gasteiger partial charge in [0.1, 0.15) is 0 Å². The summed E-state index contributed by atoms with van der Waals surface area (Å²) < 4.78 is 0.908.